The maximum Gasteiger partial charge on any atom is 0.138 e. The van der Waals surface area contributed by atoms with E-state index in [1.807, 2.05) is 18.2 Å². The molecule has 0 aliphatic carbocycles. The van der Waals surface area contributed by atoms with E-state index in [1.165, 1.54) is 0 Å². The number of alkyl halides is 1. The fourth-order valence-corrected chi connectivity index (χ4v) is 1.31. The lowest BCUT2D eigenvalue weighted by Gasteiger charge is -1.96. The van der Waals surface area contributed by atoms with Gasteiger partial charge in [-0.2, -0.15) is 0 Å². The van der Waals surface area contributed by atoms with Gasteiger partial charge in [0.15, 0.2) is 0 Å². The highest BCUT2D eigenvalue weighted by molar-refractivity contribution is 9.09. The SMILES string of the molecule is Clc1ccc(C=CCBr)c(Cl)n1. The molecule has 0 saturated carbocycles. The first kappa shape index (κ1) is 10.0. The minimum atomic E-state index is 0.413. The highest BCUT2D eigenvalue weighted by atomic mass is 79.9. The van der Waals surface area contributed by atoms with Crippen LogP contribution in [0.25, 0.3) is 6.08 Å². The Hall–Kier alpha value is -0.0500. The van der Waals surface area contributed by atoms with E-state index in [0.29, 0.717) is 10.3 Å². The zero-order valence-electron chi connectivity index (χ0n) is 6.10. The van der Waals surface area contributed by atoms with Crippen molar-refractivity contribution in [3.63, 3.8) is 0 Å². The molecule has 1 heterocycles. The summed E-state index contributed by atoms with van der Waals surface area (Å²) in [5.74, 6) is 0. The molecule has 0 fully saturated rings. The molecule has 12 heavy (non-hydrogen) atoms. The van der Waals surface area contributed by atoms with Crippen molar-refractivity contribution in [2.24, 2.45) is 0 Å². The second-order valence-corrected chi connectivity index (χ2v) is 3.46. The number of pyridine rings is 1. The summed E-state index contributed by atoms with van der Waals surface area (Å²) in [5.41, 5.74) is 0.875. The summed E-state index contributed by atoms with van der Waals surface area (Å²) in [5, 5.41) is 1.64. The van der Waals surface area contributed by atoms with Crippen LogP contribution < -0.4 is 0 Å². The summed E-state index contributed by atoms with van der Waals surface area (Å²) in [4.78, 5) is 3.89. The Morgan fingerprint density at radius 1 is 1.42 bits per heavy atom. The van der Waals surface area contributed by atoms with Crippen LogP contribution in [0.15, 0.2) is 18.2 Å². The topological polar surface area (TPSA) is 12.9 Å². The number of halogens is 3. The van der Waals surface area contributed by atoms with Gasteiger partial charge in [0.25, 0.3) is 0 Å². The summed E-state index contributed by atoms with van der Waals surface area (Å²) in [6, 6.07) is 3.54. The van der Waals surface area contributed by atoms with Gasteiger partial charge < -0.3 is 0 Å². The molecule has 1 aromatic rings. The fraction of sp³-hybridized carbons (Fsp3) is 0.125. The first-order chi connectivity index (χ1) is 5.74. The van der Waals surface area contributed by atoms with Crippen molar-refractivity contribution in [3.05, 3.63) is 34.1 Å². The molecule has 0 amide bonds. The summed E-state index contributed by atoms with van der Waals surface area (Å²) in [7, 11) is 0. The Bertz CT molecular complexity index is 299. The van der Waals surface area contributed by atoms with Crippen molar-refractivity contribution in [1.82, 2.24) is 4.98 Å². The molecule has 0 unspecified atom stereocenters. The maximum absolute atomic E-state index is 5.80. The Kier molecular flexibility index (Phi) is 4.06. The molecule has 1 rings (SSSR count). The molecule has 0 aliphatic rings. The number of hydrogen-bond acceptors (Lipinski definition) is 1. The van der Waals surface area contributed by atoms with Crippen LogP contribution in [0.5, 0.6) is 0 Å². The zero-order valence-corrected chi connectivity index (χ0v) is 9.20. The van der Waals surface area contributed by atoms with Crippen LogP contribution in [0, 0.1) is 0 Å². The van der Waals surface area contributed by atoms with E-state index in [-0.39, 0.29) is 0 Å². The standard InChI is InChI=1S/C8H6BrCl2N/c9-5-1-2-6-3-4-7(10)12-8(6)11/h1-4H,5H2. The minimum Gasteiger partial charge on any atom is -0.224 e. The van der Waals surface area contributed by atoms with Crippen molar-refractivity contribution in [1.29, 1.82) is 0 Å². The fourth-order valence-electron chi connectivity index (χ4n) is 0.719. The van der Waals surface area contributed by atoms with Gasteiger partial charge in [0.1, 0.15) is 10.3 Å². The quantitative estimate of drug-likeness (QED) is 0.586. The van der Waals surface area contributed by atoms with E-state index < -0.39 is 0 Å². The van der Waals surface area contributed by atoms with Gasteiger partial charge in [0.2, 0.25) is 0 Å². The zero-order chi connectivity index (χ0) is 8.97. The van der Waals surface area contributed by atoms with Crippen molar-refractivity contribution in [2.45, 2.75) is 0 Å². The first-order valence-corrected chi connectivity index (χ1v) is 5.16. The van der Waals surface area contributed by atoms with Crippen LogP contribution in [-0.2, 0) is 0 Å². The normalized spacial score (nSPS) is 10.9. The van der Waals surface area contributed by atoms with Gasteiger partial charge in [-0.15, -0.1) is 0 Å². The highest BCUT2D eigenvalue weighted by Crippen LogP contribution is 2.17. The Balaban J connectivity index is 2.94. The third-order valence-corrected chi connectivity index (χ3v) is 2.12. The third-order valence-electron chi connectivity index (χ3n) is 1.23. The van der Waals surface area contributed by atoms with Crippen LogP contribution in [-0.4, -0.2) is 10.3 Å². The van der Waals surface area contributed by atoms with Crippen LogP contribution in [0.4, 0.5) is 0 Å². The Morgan fingerprint density at radius 2 is 2.17 bits per heavy atom. The summed E-state index contributed by atoms with van der Waals surface area (Å²) in [6.45, 7) is 0. The van der Waals surface area contributed by atoms with E-state index >= 15 is 0 Å². The lowest BCUT2D eigenvalue weighted by Crippen LogP contribution is -1.80. The number of hydrogen-bond donors (Lipinski definition) is 0. The smallest absolute Gasteiger partial charge is 0.138 e. The molecule has 0 aliphatic heterocycles. The summed E-state index contributed by atoms with van der Waals surface area (Å²) >= 11 is 14.7. The predicted molar refractivity (Wildman–Crippen MR) is 57.1 cm³/mol. The monoisotopic (exact) mass is 265 g/mol. The molecule has 0 atom stereocenters. The van der Waals surface area contributed by atoms with Crippen LogP contribution in [0.1, 0.15) is 5.56 Å². The van der Waals surface area contributed by atoms with Gasteiger partial charge in [-0.25, -0.2) is 4.98 Å². The molecule has 0 N–H and O–H groups in total. The maximum atomic E-state index is 5.80. The van der Waals surface area contributed by atoms with Gasteiger partial charge in [-0.05, 0) is 12.1 Å². The molecule has 0 radical (unpaired) electrons. The Labute approximate surface area is 89.5 Å². The van der Waals surface area contributed by atoms with E-state index in [4.69, 9.17) is 23.2 Å². The second kappa shape index (κ2) is 4.85. The number of nitrogens with zero attached hydrogens (tertiary/aromatic N) is 1. The van der Waals surface area contributed by atoms with Gasteiger partial charge in [0, 0.05) is 10.9 Å². The lowest BCUT2D eigenvalue weighted by atomic mass is 10.3. The average molecular weight is 267 g/mol. The van der Waals surface area contributed by atoms with E-state index in [1.54, 1.807) is 6.07 Å². The van der Waals surface area contributed by atoms with Crippen molar-refractivity contribution in [3.8, 4) is 0 Å². The molecule has 64 valence electrons. The van der Waals surface area contributed by atoms with Gasteiger partial charge >= 0.3 is 0 Å². The van der Waals surface area contributed by atoms with E-state index in [9.17, 15) is 0 Å². The van der Waals surface area contributed by atoms with Crippen molar-refractivity contribution < 1.29 is 0 Å². The second-order valence-electron chi connectivity index (χ2n) is 2.07. The molecule has 0 bridgehead atoms. The summed E-state index contributed by atoms with van der Waals surface area (Å²) < 4.78 is 0. The molecule has 4 heteroatoms. The molecule has 1 nitrogen and oxygen atoms in total. The first-order valence-electron chi connectivity index (χ1n) is 3.28. The molecule has 0 saturated heterocycles. The number of rotatable bonds is 2. The average Bonchev–Trinajstić information content (AvgIpc) is 2.03. The molecular weight excluding hydrogens is 261 g/mol. The van der Waals surface area contributed by atoms with Crippen molar-refractivity contribution in [2.75, 3.05) is 5.33 Å². The lowest BCUT2D eigenvalue weighted by molar-refractivity contribution is 1.32. The van der Waals surface area contributed by atoms with Crippen LogP contribution in [0.3, 0.4) is 0 Å². The molecule has 0 aromatic carbocycles. The third kappa shape index (κ3) is 2.77. The molecular formula is C8H6BrCl2N. The van der Waals surface area contributed by atoms with Crippen molar-refractivity contribution >= 4 is 45.2 Å². The van der Waals surface area contributed by atoms with E-state index in [2.05, 4.69) is 20.9 Å². The van der Waals surface area contributed by atoms with Gasteiger partial charge in [0.05, 0.1) is 0 Å². The predicted octanol–water partition coefficient (Wildman–Crippen LogP) is 3.80. The van der Waals surface area contributed by atoms with Gasteiger partial charge in [-0.3, -0.25) is 0 Å². The van der Waals surface area contributed by atoms with Gasteiger partial charge in [-0.1, -0.05) is 51.3 Å². The highest BCUT2D eigenvalue weighted by Gasteiger charge is 1.97. The van der Waals surface area contributed by atoms with E-state index in [0.717, 1.165) is 10.9 Å². The molecule has 0 spiro atoms. The largest absolute Gasteiger partial charge is 0.224 e. The Morgan fingerprint density at radius 3 is 2.75 bits per heavy atom. The molecule has 1 aromatic heterocycles. The van der Waals surface area contributed by atoms with Crippen LogP contribution in [0.2, 0.25) is 10.3 Å². The number of allylic oxidation sites excluding steroid dienone is 1. The number of aromatic nitrogens is 1. The summed E-state index contributed by atoms with van der Waals surface area (Å²) in [6.07, 6.45) is 3.83. The minimum absolute atomic E-state index is 0.413. The van der Waals surface area contributed by atoms with Crippen LogP contribution >= 0.6 is 39.1 Å².